The van der Waals surface area contributed by atoms with E-state index >= 15 is 0 Å². The Morgan fingerprint density at radius 1 is 0.838 bits per heavy atom. The quantitative estimate of drug-likeness (QED) is 0.0715. The molecule has 3 fully saturated rings. The number of carboxylic acid groups (broad SMARTS) is 1. The summed E-state index contributed by atoms with van der Waals surface area (Å²) in [5.74, 6) is -1.82. The maximum atomic E-state index is 14.4. The average molecular weight is 1000 g/mol. The molecule has 0 radical (unpaired) electrons. The number of hydrogen-bond acceptors (Lipinski definition) is 10. The topological polar surface area (TPSA) is 215 Å². The van der Waals surface area contributed by atoms with Gasteiger partial charge < -0.3 is 29.6 Å². The van der Waals surface area contributed by atoms with Gasteiger partial charge in [0.25, 0.3) is 5.97 Å². The number of aliphatic carboxylic acids is 1. The minimum atomic E-state index is -3.75. The second-order valence-electron chi connectivity index (χ2n) is 19.1. The van der Waals surface area contributed by atoms with Crippen LogP contribution in [0.1, 0.15) is 105 Å². The molecule has 5 unspecified atom stereocenters. The number of aliphatic hydroxyl groups excluding tert-OH is 1. The summed E-state index contributed by atoms with van der Waals surface area (Å²) in [6.07, 6.45) is 7.09. The van der Waals surface area contributed by atoms with Crippen molar-refractivity contribution >= 4 is 63.0 Å². The number of esters is 2. The number of nitrogens with zero attached hydrogens (tertiary/aromatic N) is 4. The van der Waals surface area contributed by atoms with Crippen molar-refractivity contribution in [2.24, 2.45) is 57.3 Å². The van der Waals surface area contributed by atoms with Gasteiger partial charge in [0.15, 0.2) is 11.6 Å². The number of amides is 1. The number of aromatic nitrogens is 1. The molecule has 0 bridgehead atoms. The summed E-state index contributed by atoms with van der Waals surface area (Å²) >= 11 is 0. The van der Waals surface area contributed by atoms with Crippen LogP contribution in [-0.2, 0) is 53.4 Å². The van der Waals surface area contributed by atoms with Gasteiger partial charge in [0.1, 0.15) is 11.7 Å². The number of ether oxygens (including phenoxy) is 2. The second-order valence-corrected chi connectivity index (χ2v) is 20.9. The van der Waals surface area contributed by atoms with E-state index in [4.69, 9.17) is 29.4 Å². The van der Waals surface area contributed by atoms with Crippen LogP contribution in [0.5, 0.6) is 5.75 Å². The monoisotopic (exact) mass is 1000 g/mol. The Bertz CT molecular complexity index is 2550. The number of carboxylic acids is 1. The van der Waals surface area contributed by atoms with Crippen molar-refractivity contribution in [3.63, 3.8) is 0 Å². The normalized spacial score (nSPS) is 26.3. The average Bonchev–Trinajstić information content (AvgIpc) is 3.91. The molecule has 1 amide bonds. The summed E-state index contributed by atoms with van der Waals surface area (Å²) < 4.78 is 39.6. The molecular weight excluding hydrogens is 940 g/mol. The Balaban J connectivity index is 0.00000166. The van der Waals surface area contributed by atoms with E-state index in [0.29, 0.717) is 59.2 Å². The third-order valence-corrected chi connectivity index (χ3v) is 13.8. The number of allylic oxidation sites excluding steroid dienone is 1. The smallest absolute Gasteiger partial charge is 0.315 e. The fourth-order valence-electron chi connectivity index (χ4n) is 10.6. The maximum Gasteiger partial charge on any atom is 0.315 e. The van der Waals surface area contributed by atoms with Gasteiger partial charge in [0, 0.05) is 38.4 Å². The van der Waals surface area contributed by atoms with Crippen LogP contribution in [0.2, 0.25) is 0 Å². The number of rotatable bonds is 11. The fourth-order valence-corrected chi connectivity index (χ4v) is 11.4. The molecule has 2 aromatic carbocycles. The van der Waals surface area contributed by atoms with Crippen LogP contribution in [0.3, 0.4) is 0 Å². The summed E-state index contributed by atoms with van der Waals surface area (Å²) in [4.78, 5) is 67.3. The van der Waals surface area contributed by atoms with E-state index in [1.54, 1.807) is 11.0 Å². The molecule has 7 rings (SSSR count). The molecule has 17 heteroatoms. The van der Waals surface area contributed by atoms with Crippen LogP contribution in [0.4, 0.5) is 5.82 Å². The van der Waals surface area contributed by atoms with E-state index in [2.05, 4.69) is 51.3 Å². The summed E-state index contributed by atoms with van der Waals surface area (Å²) in [7, 11) is -3.75. The molecule has 3 aromatic rings. The van der Waals surface area contributed by atoms with Crippen LogP contribution in [-0.4, -0.2) is 73.0 Å². The Hall–Kier alpha value is -5.25. The number of aliphatic hydroxyl groups is 1. The van der Waals surface area contributed by atoms with E-state index in [1.165, 1.54) is 6.92 Å². The van der Waals surface area contributed by atoms with Gasteiger partial charge in [-0.3, -0.25) is 19.2 Å². The van der Waals surface area contributed by atoms with Gasteiger partial charge in [0.05, 0.1) is 35.4 Å². The molecule has 362 valence electrons. The van der Waals surface area contributed by atoms with Gasteiger partial charge >= 0.3 is 11.9 Å². The Morgan fingerprint density at radius 3 is 1.79 bits per heavy atom. The minimum Gasteiger partial charge on any atom is -0.495 e. The zero-order valence-electron chi connectivity index (χ0n) is 40.6. The number of amidine groups is 1. The molecule has 2 saturated carbocycles. The standard InChI is InChI=1S/C49H60N5O8S.C2H4O2.Zn/c1-27-22-29(3)39(30(4)23-27)48(57)61-43-41(34-16-11-9-12-17-34)36(50-45(43)52-47(56)33(7)53-63(8,59)60)26-37-42(35-18-13-10-14-19-35)44(46(51-37)54-21-15-20-38(54)55)62-49(58)40-31(5)24-28(2)25-32(40)6;1-2(3)4;/h9-14,16-19,26-33,39-40,53H,15,20-25H2,1-8H3,(H-,50,51,52,56);1H3,(H,3,4);/q-1;;. The van der Waals surface area contributed by atoms with Crippen molar-refractivity contribution in [1.82, 2.24) is 9.71 Å². The van der Waals surface area contributed by atoms with E-state index in [1.807, 2.05) is 60.7 Å². The van der Waals surface area contributed by atoms with Crippen molar-refractivity contribution in [2.75, 3.05) is 17.7 Å². The first-order valence-electron chi connectivity index (χ1n) is 23.2. The van der Waals surface area contributed by atoms with Crippen LogP contribution in [0, 0.1) is 47.3 Å². The Labute approximate surface area is 412 Å². The molecule has 1 aromatic heterocycles. The van der Waals surface area contributed by atoms with Gasteiger partial charge in [-0.15, -0.1) is 0 Å². The third kappa shape index (κ3) is 12.9. The van der Waals surface area contributed by atoms with E-state index in [9.17, 15) is 27.9 Å². The van der Waals surface area contributed by atoms with Gasteiger partial charge in [-0.1, -0.05) is 102 Å². The van der Waals surface area contributed by atoms with Gasteiger partial charge in [0.2, 0.25) is 15.9 Å². The summed E-state index contributed by atoms with van der Waals surface area (Å²) in [6, 6.07) is 17.4. The molecular formula is C51H64N5O10SZn-. The third-order valence-electron chi connectivity index (χ3n) is 13.0. The molecule has 2 aliphatic carbocycles. The molecule has 2 aliphatic heterocycles. The van der Waals surface area contributed by atoms with Crippen LogP contribution < -0.4 is 19.3 Å². The summed E-state index contributed by atoms with van der Waals surface area (Å²) in [5, 5.41) is 18.7. The van der Waals surface area contributed by atoms with Gasteiger partial charge in [-0.05, 0) is 110 Å². The van der Waals surface area contributed by atoms with Crippen molar-refractivity contribution in [3.05, 3.63) is 83.4 Å². The number of sulfonamides is 1. The van der Waals surface area contributed by atoms with Gasteiger partial charge in [-0.25, -0.2) is 18.1 Å². The number of benzene rings is 2. The van der Waals surface area contributed by atoms with Crippen LogP contribution in [0.15, 0.2) is 82.1 Å². The number of anilines is 1. The first kappa shape index (κ1) is 53.7. The molecule has 5 atom stereocenters. The van der Waals surface area contributed by atoms with Crippen LogP contribution >= 0.6 is 0 Å². The number of carbonyl (C=O) groups is 4. The van der Waals surface area contributed by atoms with E-state index in [0.717, 1.165) is 38.9 Å². The number of hydrogen-bond donors (Lipinski definition) is 3. The maximum absolute atomic E-state index is 14.4. The zero-order valence-corrected chi connectivity index (χ0v) is 44.3. The SMILES string of the molecule is CC(=O)O.CC1CC(C)C(C(=O)OC2=C(c3ccccc3)/C(=C/c3[n-]c(N4CCCC4=O)c(OC(=O)C4C(C)CC(C)CC4C)c3-c3ccccc3)N=C2N=C(O)C(C)NS(C)(=O)=O)C(C)C1.[Zn]. The summed E-state index contributed by atoms with van der Waals surface area (Å²) in [6.45, 7) is 15.6. The largest absolute Gasteiger partial charge is 0.495 e. The molecule has 3 N–H and O–H groups in total. The molecule has 68 heavy (non-hydrogen) atoms. The minimum absolute atomic E-state index is 0. The zero-order chi connectivity index (χ0) is 48.9. The number of aliphatic imine (C=N–C) groups is 2. The van der Waals surface area contributed by atoms with Crippen molar-refractivity contribution in [3.8, 4) is 16.9 Å². The van der Waals surface area contributed by atoms with Crippen molar-refractivity contribution in [2.45, 2.75) is 100.0 Å². The van der Waals surface area contributed by atoms with Gasteiger partial charge in [-0.2, -0.15) is 4.99 Å². The van der Waals surface area contributed by atoms with Crippen molar-refractivity contribution < 1.29 is 66.8 Å². The predicted octanol–water partition coefficient (Wildman–Crippen LogP) is 8.67. The molecule has 0 spiro atoms. The molecule has 4 aliphatic rings. The first-order valence-corrected chi connectivity index (χ1v) is 25.1. The predicted molar refractivity (Wildman–Crippen MR) is 259 cm³/mol. The first-order chi connectivity index (χ1) is 31.6. The van der Waals surface area contributed by atoms with Crippen molar-refractivity contribution in [1.29, 1.82) is 0 Å². The van der Waals surface area contributed by atoms with E-state index in [-0.39, 0.29) is 89.8 Å². The number of carbonyl (C=O) groups excluding carboxylic acids is 3. The fraction of sp³-hybridized carbons (Fsp3) is 0.490. The molecule has 3 heterocycles. The summed E-state index contributed by atoms with van der Waals surface area (Å²) in [5.41, 5.74) is 2.74. The molecule has 15 nitrogen and oxygen atoms in total. The van der Waals surface area contributed by atoms with E-state index < -0.39 is 39.8 Å². The van der Waals surface area contributed by atoms with Crippen LogP contribution in [0.25, 0.3) is 22.8 Å². The number of nitrogens with one attached hydrogen (secondary N) is 1. The Kier molecular flexibility index (Phi) is 18.1. The second kappa shape index (κ2) is 22.9. The Morgan fingerprint density at radius 2 is 1.32 bits per heavy atom. The molecule has 1 saturated heterocycles.